The van der Waals surface area contributed by atoms with Crippen molar-refractivity contribution in [1.82, 2.24) is 4.31 Å². The maximum Gasteiger partial charge on any atom is 0.243 e. The van der Waals surface area contributed by atoms with Gasteiger partial charge in [-0.3, -0.25) is 4.79 Å². The lowest BCUT2D eigenvalue weighted by Crippen LogP contribution is -2.41. The van der Waals surface area contributed by atoms with E-state index in [4.69, 9.17) is 0 Å². The lowest BCUT2D eigenvalue weighted by atomic mass is 9.97. The number of hydrogen-bond donors (Lipinski definition) is 1. The molecule has 2 aliphatic rings. The van der Waals surface area contributed by atoms with Crippen molar-refractivity contribution < 1.29 is 21.6 Å². The number of hydrogen-bond acceptors (Lipinski definition) is 7. The maximum atomic E-state index is 13.1. The Balaban J connectivity index is 1.43. The number of nitrogens with one attached hydrogen (secondary N) is 1. The first-order valence-electron chi connectivity index (χ1n) is 11.3. The van der Waals surface area contributed by atoms with Crippen molar-refractivity contribution in [2.45, 2.75) is 54.7 Å². The van der Waals surface area contributed by atoms with Gasteiger partial charge in [0.25, 0.3) is 0 Å². The fourth-order valence-electron chi connectivity index (χ4n) is 4.54. The number of benzene rings is 1. The number of sulfonamides is 1. The smallest absolute Gasteiger partial charge is 0.243 e. The third-order valence-corrected chi connectivity index (χ3v) is 10.7. The summed E-state index contributed by atoms with van der Waals surface area (Å²) in [5.74, 6) is -0.550. The number of amides is 1. The Morgan fingerprint density at radius 1 is 1.09 bits per heavy atom. The quantitative estimate of drug-likeness (QED) is 0.602. The second-order valence-corrected chi connectivity index (χ2v) is 13.9. The van der Waals surface area contributed by atoms with Gasteiger partial charge < -0.3 is 5.32 Å². The summed E-state index contributed by atoms with van der Waals surface area (Å²) >= 11 is 1.49. The molecule has 1 aliphatic heterocycles. The number of carbonyl (C=O) groups excluding carboxylic acids is 1. The van der Waals surface area contributed by atoms with Gasteiger partial charge in [0.15, 0.2) is 9.84 Å². The van der Waals surface area contributed by atoms with Gasteiger partial charge in [0.2, 0.25) is 15.9 Å². The van der Waals surface area contributed by atoms with Crippen LogP contribution in [0.3, 0.4) is 0 Å². The summed E-state index contributed by atoms with van der Waals surface area (Å²) in [6.45, 7) is 0.325. The van der Waals surface area contributed by atoms with E-state index in [1.54, 1.807) is 0 Å². The normalized spacial score (nSPS) is 18.0. The van der Waals surface area contributed by atoms with Crippen LogP contribution in [0.1, 0.15) is 48.1 Å². The molecule has 2 heterocycles. The molecule has 11 heteroatoms. The minimum absolute atomic E-state index is 0.0505. The zero-order valence-corrected chi connectivity index (χ0v) is 21.4. The van der Waals surface area contributed by atoms with Crippen LogP contribution in [-0.2, 0) is 37.5 Å². The first kappa shape index (κ1) is 24.9. The summed E-state index contributed by atoms with van der Waals surface area (Å²) in [5.41, 5.74) is 1.64. The van der Waals surface area contributed by atoms with Crippen LogP contribution in [0.25, 0.3) is 0 Å². The maximum absolute atomic E-state index is 13.1. The molecular weight excluding hydrogens is 494 g/mol. The molecule has 0 unspecified atom stereocenters. The molecule has 0 radical (unpaired) electrons. The molecule has 34 heavy (non-hydrogen) atoms. The molecule has 8 nitrogen and oxygen atoms in total. The first-order valence-corrected chi connectivity index (χ1v) is 15.4. The Labute approximate surface area is 204 Å². The van der Waals surface area contributed by atoms with Crippen LogP contribution >= 0.6 is 11.3 Å². The predicted octanol–water partition coefficient (Wildman–Crippen LogP) is 3.33. The van der Waals surface area contributed by atoms with Crippen LogP contribution in [-0.4, -0.2) is 46.4 Å². The van der Waals surface area contributed by atoms with Crippen molar-refractivity contribution in [1.29, 1.82) is 5.26 Å². The minimum atomic E-state index is -3.87. The van der Waals surface area contributed by atoms with Gasteiger partial charge in [-0.25, -0.2) is 16.8 Å². The lowest BCUT2D eigenvalue weighted by Gasteiger charge is -2.30. The number of fused-ring (bicyclic) bond motifs is 1. The number of carbonyl (C=O) groups is 1. The number of piperidine rings is 1. The third-order valence-electron chi connectivity index (χ3n) is 6.47. The molecule has 2 aromatic rings. The Bertz CT molecular complexity index is 1350. The molecule has 1 fully saturated rings. The van der Waals surface area contributed by atoms with Gasteiger partial charge in [-0.2, -0.15) is 9.57 Å². The summed E-state index contributed by atoms with van der Waals surface area (Å²) in [6, 6.07) is 7.60. The summed E-state index contributed by atoms with van der Waals surface area (Å²) in [4.78, 5) is 14.0. The van der Waals surface area contributed by atoms with Gasteiger partial charge >= 0.3 is 0 Å². The van der Waals surface area contributed by atoms with Crippen LogP contribution < -0.4 is 5.32 Å². The highest BCUT2D eigenvalue weighted by molar-refractivity contribution is 7.91. The van der Waals surface area contributed by atoms with Gasteiger partial charge in [-0.15, -0.1) is 11.3 Å². The van der Waals surface area contributed by atoms with Gasteiger partial charge in [0, 0.05) is 30.1 Å². The fraction of sp³-hybridized carbons (Fsp3) is 0.478. The number of nitriles is 1. The third kappa shape index (κ3) is 5.05. The Morgan fingerprint density at radius 3 is 2.44 bits per heavy atom. The van der Waals surface area contributed by atoms with E-state index in [1.807, 2.05) is 0 Å². The SMILES string of the molecule is CS(=O)(=O)c1cccc(S(=O)(=O)N2CCC(C(=O)Nc3sc4c(c3C#N)CCCCC4)CC2)c1. The molecular formula is C23H27N3O5S3. The standard InChI is InChI=1S/C23H27N3O5S3/c1-33(28,29)17-6-5-7-18(14-17)34(30,31)26-12-10-16(11-13-26)22(27)25-23-20(15-24)19-8-3-2-4-9-21(19)32-23/h5-7,14,16H,2-4,8-13H2,1H3,(H,25,27). The Morgan fingerprint density at radius 2 is 1.76 bits per heavy atom. The molecule has 1 amide bonds. The van der Waals surface area contributed by atoms with Gasteiger partial charge in [-0.05, 0) is 62.3 Å². The van der Waals surface area contributed by atoms with Gasteiger partial charge in [-0.1, -0.05) is 12.5 Å². The van der Waals surface area contributed by atoms with E-state index in [2.05, 4.69) is 11.4 Å². The number of aryl methyl sites for hydroxylation is 1. The minimum Gasteiger partial charge on any atom is -0.316 e. The van der Waals surface area contributed by atoms with E-state index in [9.17, 15) is 26.9 Å². The molecule has 182 valence electrons. The van der Waals surface area contributed by atoms with Crippen molar-refractivity contribution in [3.05, 3.63) is 40.3 Å². The summed E-state index contributed by atoms with van der Waals surface area (Å²) < 4.78 is 51.0. The van der Waals surface area contributed by atoms with Crippen molar-refractivity contribution >= 4 is 42.1 Å². The predicted molar refractivity (Wildman–Crippen MR) is 130 cm³/mol. The van der Waals surface area contributed by atoms with E-state index in [0.717, 1.165) is 43.9 Å². The molecule has 1 N–H and O–H groups in total. The summed E-state index contributed by atoms with van der Waals surface area (Å²) in [7, 11) is -7.41. The second-order valence-electron chi connectivity index (χ2n) is 8.80. The highest BCUT2D eigenvalue weighted by atomic mass is 32.2. The van der Waals surface area contributed by atoms with Crippen molar-refractivity contribution in [3.63, 3.8) is 0 Å². The number of sulfone groups is 1. The van der Waals surface area contributed by atoms with Crippen LogP contribution in [0.15, 0.2) is 34.1 Å². The highest BCUT2D eigenvalue weighted by Crippen LogP contribution is 2.37. The average Bonchev–Trinajstić information content (AvgIpc) is 2.97. The van der Waals surface area contributed by atoms with Crippen LogP contribution in [0, 0.1) is 17.2 Å². The van der Waals surface area contributed by atoms with Crippen molar-refractivity contribution in [2.75, 3.05) is 24.7 Å². The summed E-state index contributed by atoms with van der Waals surface area (Å²) in [5, 5.41) is 13.2. The van der Waals surface area contributed by atoms with E-state index < -0.39 is 19.9 Å². The zero-order valence-electron chi connectivity index (χ0n) is 18.9. The van der Waals surface area contributed by atoms with Gasteiger partial charge in [0.1, 0.15) is 11.1 Å². The van der Waals surface area contributed by atoms with E-state index in [0.29, 0.717) is 23.4 Å². The molecule has 0 saturated carbocycles. The average molecular weight is 522 g/mol. The molecule has 0 bridgehead atoms. The topological polar surface area (TPSA) is 124 Å². The molecule has 1 aromatic carbocycles. The van der Waals surface area contributed by atoms with Crippen LogP contribution in [0.2, 0.25) is 0 Å². The van der Waals surface area contributed by atoms with Gasteiger partial charge in [0.05, 0.1) is 15.4 Å². The monoisotopic (exact) mass is 521 g/mol. The fourth-order valence-corrected chi connectivity index (χ4v) is 8.04. The van der Waals surface area contributed by atoms with E-state index in [-0.39, 0.29) is 34.7 Å². The lowest BCUT2D eigenvalue weighted by molar-refractivity contribution is -0.120. The molecule has 4 rings (SSSR count). The number of nitrogens with zero attached hydrogens (tertiary/aromatic N) is 2. The molecule has 1 aliphatic carbocycles. The largest absolute Gasteiger partial charge is 0.316 e. The molecule has 0 atom stereocenters. The van der Waals surface area contributed by atoms with E-state index in [1.165, 1.54) is 44.8 Å². The van der Waals surface area contributed by atoms with Crippen molar-refractivity contribution in [3.8, 4) is 6.07 Å². The first-order chi connectivity index (χ1) is 16.1. The van der Waals surface area contributed by atoms with Crippen LogP contribution in [0.5, 0.6) is 0 Å². The Kier molecular flexibility index (Phi) is 7.14. The van der Waals surface area contributed by atoms with E-state index >= 15 is 0 Å². The molecule has 1 aromatic heterocycles. The number of anilines is 1. The second kappa shape index (κ2) is 9.77. The summed E-state index contributed by atoms with van der Waals surface area (Å²) in [6.07, 6.45) is 6.81. The van der Waals surface area contributed by atoms with Crippen LogP contribution in [0.4, 0.5) is 5.00 Å². The van der Waals surface area contributed by atoms with Crippen molar-refractivity contribution in [2.24, 2.45) is 5.92 Å². The highest BCUT2D eigenvalue weighted by Gasteiger charge is 2.33. The molecule has 0 spiro atoms. The zero-order chi connectivity index (χ0) is 24.5. The molecule has 1 saturated heterocycles. The number of rotatable bonds is 5. The number of thiophene rings is 1. The Hall–Kier alpha value is -2.26.